The molecule has 56 valence electrons. The van der Waals surface area contributed by atoms with Crippen molar-refractivity contribution in [2.75, 3.05) is 6.61 Å². The Labute approximate surface area is 67.5 Å². The fourth-order valence-corrected chi connectivity index (χ4v) is 0.886. The molecule has 1 heterocycles. The number of aromatic nitrogens is 1. The van der Waals surface area contributed by atoms with Gasteiger partial charge in [-0.3, -0.25) is 0 Å². The van der Waals surface area contributed by atoms with Gasteiger partial charge in [0.05, 0.1) is 0 Å². The Kier molecular flexibility index (Phi) is 2.89. The average Bonchev–Trinajstić information content (AvgIpc) is 2.31. The monoisotopic (exact) mass is 205 g/mol. The maximum Gasteiger partial charge on any atom is 0.163 e. The molecule has 1 aromatic rings. The Morgan fingerprint density at radius 1 is 1.80 bits per heavy atom. The van der Waals surface area contributed by atoms with Gasteiger partial charge < -0.3 is 9.26 Å². The number of nitrogens with zero attached hydrogens (tertiary/aromatic N) is 1. The van der Waals surface area contributed by atoms with Gasteiger partial charge in [0.15, 0.2) is 5.76 Å². The minimum absolute atomic E-state index is 0.495. The van der Waals surface area contributed by atoms with E-state index in [0.717, 1.165) is 5.76 Å². The zero-order chi connectivity index (χ0) is 7.40. The molecule has 0 N–H and O–H groups in total. The largest absolute Gasteiger partial charge is 0.374 e. The fraction of sp³-hybridized carbons (Fsp3) is 0.500. The molecule has 0 aromatic carbocycles. The highest BCUT2D eigenvalue weighted by Gasteiger charge is 1.99. The van der Waals surface area contributed by atoms with Crippen molar-refractivity contribution in [2.24, 2.45) is 0 Å². The van der Waals surface area contributed by atoms with Gasteiger partial charge in [-0.15, -0.1) is 0 Å². The summed E-state index contributed by atoms with van der Waals surface area (Å²) in [5.41, 5.74) is 0. The summed E-state index contributed by atoms with van der Waals surface area (Å²) in [6.07, 6.45) is 0. The fourth-order valence-electron chi connectivity index (χ4n) is 0.558. The van der Waals surface area contributed by atoms with Crippen LogP contribution in [0.2, 0.25) is 0 Å². The third-order valence-corrected chi connectivity index (χ3v) is 1.35. The van der Waals surface area contributed by atoms with Crippen molar-refractivity contribution in [3.05, 3.63) is 16.4 Å². The molecule has 10 heavy (non-hydrogen) atoms. The molecule has 4 heteroatoms. The van der Waals surface area contributed by atoms with Crippen molar-refractivity contribution in [3.63, 3.8) is 0 Å². The lowest BCUT2D eigenvalue weighted by atomic mass is 10.5. The van der Waals surface area contributed by atoms with Crippen LogP contribution in [0.3, 0.4) is 0 Å². The lowest BCUT2D eigenvalue weighted by Crippen LogP contribution is -1.88. The van der Waals surface area contributed by atoms with Gasteiger partial charge in [0.2, 0.25) is 0 Å². The van der Waals surface area contributed by atoms with Gasteiger partial charge >= 0.3 is 0 Å². The molecule has 0 unspecified atom stereocenters. The van der Waals surface area contributed by atoms with Gasteiger partial charge in [-0.1, -0.05) is 5.16 Å². The van der Waals surface area contributed by atoms with E-state index in [-0.39, 0.29) is 0 Å². The lowest BCUT2D eigenvalue weighted by Gasteiger charge is -1.92. The van der Waals surface area contributed by atoms with Gasteiger partial charge in [-0.2, -0.15) is 0 Å². The van der Waals surface area contributed by atoms with Crippen LogP contribution in [0, 0.1) is 0 Å². The van der Waals surface area contributed by atoms with Crippen LogP contribution in [-0.2, 0) is 11.3 Å². The van der Waals surface area contributed by atoms with Gasteiger partial charge in [0.1, 0.15) is 11.2 Å². The molecule has 0 aliphatic heterocycles. The summed E-state index contributed by atoms with van der Waals surface area (Å²) in [5.74, 6) is 0.744. The molecule has 0 spiro atoms. The van der Waals surface area contributed by atoms with E-state index in [0.29, 0.717) is 17.8 Å². The maximum atomic E-state index is 5.08. The molecule has 0 amide bonds. The summed E-state index contributed by atoms with van der Waals surface area (Å²) >= 11 is 3.16. The number of hydrogen-bond donors (Lipinski definition) is 0. The predicted molar refractivity (Wildman–Crippen MR) is 39.5 cm³/mol. The van der Waals surface area contributed by atoms with Crippen LogP contribution in [0.5, 0.6) is 0 Å². The molecule has 0 saturated carbocycles. The molecule has 1 aromatic heterocycles. The summed E-state index contributed by atoms with van der Waals surface area (Å²) in [6, 6.07) is 1.79. The van der Waals surface area contributed by atoms with Gasteiger partial charge in [-0.05, 0) is 22.9 Å². The lowest BCUT2D eigenvalue weighted by molar-refractivity contribution is 0.112. The summed E-state index contributed by atoms with van der Waals surface area (Å²) in [4.78, 5) is 0. The smallest absolute Gasteiger partial charge is 0.163 e. The standard InChI is InChI=1S/C6H8BrNO2/c1-2-9-4-5-3-6(7)8-10-5/h3H,2,4H2,1H3. The second kappa shape index (κ2) is 3.73. The van der Waals surface area contributed by atoms with Crippen molar-refractivity contribution in [1.82, 2.24) is 5.16 Å². The molecule has 1 rings (SSSR count). The Morgan fingerprint density at radius 2 is 2.60 bits per heavy atom. The van der Waals surface area contributed by atoms with Crippen LogP contribution in [-0.4, -0.2) is 11.8 Å². The zero-order valence-electron chi connectivity index (χ0n) is 5.63. The molecule has 0 saturated heterocycles. The van der Waals surface area contributed by atoms with E-state index in [4.69, 9.17) is 9.26 Å². The summed E-state index contributed by atoms with van der Waals surface area (Å²) in [5, 5.41) is 3.63. The maximum absolute atomic E-state index is 5.08. The number of rotatable bonds is 3. The Morgan fingerprint density at radius 3 is 3.10 bits per heavy atom. The molecule has 0 bridgehead atoms. The first-order chi connectivity index (χ1) is 4.83. The zero-order valence-corrected chi connectivity index (χ0v) is 7.22. The number of halogens is 1. The van der Waals surface area contributed by atoms with Crippen LogP contribution in [0.15, 0.2) is 15.2 Å². The van der Waals surface area contributed by atoms with Gasteiger partial charge in [0, 0.05) is 12.7 Å². The topological polar surface area (TPSA) is 35.3 Å². The van der Waals surface area contributed by atoms with Crippen LogP contribution < -0.4 is 0 Å². The SMILES string of the molecule is CCOCc1cc(Br)no1. The predicted octanol–water partition coefficient (Wildman–Crippen LogP) is 1.97. The highest BCUT2D eigenvalue weighted by Crippen LogP contribution is 2.10. The molecule has 0 aliphatic carbocycles. The van der Waals surface area contributed by atoms with Crippen LogP contribution in [0.25, 0.3) is 0 Å². The summed E-state index contributed by atoms with van der Waals surface area (Å²) in [6.45, 7) is 3.12. The highest BCUT2D eigenvalue weighted by molar-refractivity contribution is 9.10. The Bertz CT molecular complexity index is 199. The van der Waals surface area contributed by atoms with Crippen molar-refractivity contribution >= 4 is 15.9 Å². The first kappa shape index (κ1) is 7.75. The van der Waals surface area contributed by atoms with E-state index in [9.17, 15) is 0 Å². The third kappa shape index (κ3) is 2.11. The van der Waals surface area contributed by atoms with Crippen LogP contribution in [0.4, 0.5) is 0 Å². The van der Waals surface area contributed by atoms with Crippen LogP contribution >= 0.6 is 15.9 Å². The first-order valence-electron chi connectivity index (χ1n) is 3.01. The Balaban J connectivity index is 2.42. The highest BCUT2D eigenvalue weighted by atomic mass is 79.9. The van der Waals surface area contributed by atoms with Crippen molar-refractivity contribution in [2.45, 2.75) is 13.5 Å². The first-order valence-corrected chi connectivity index (χ1v) is 3.81. The number of hydrogen-bond acceptors (Lipinski definition) is 3. The van der Waals surface area contributed by atoms with E-state index >= 15 is 0 Å². The van der Waals surface area contributed by atoms with E-state index in [1.165, 1.54) is 0 Å². The Hall–Kier alpha value is -0.350. The quantitative estimate of drug-likeness (QED) is 0.758. The summed E-state index contributed by atoms with van der Waals surface area (Å²) in [7, 11) is 0. The molecule has 0 aliphatic rings. The van der Waals surface area contributed by atoms with E-state index in [2.05, 4.69) is 21.1 Å². The normalized spacial score (nSPS) is 10.2. The van der Waals surface area contributed by atoms with Gasteiger partial charge in [0.25, 0.3) is 0 Å². The van der Waals surface area contributed by atoms with E-state index in [1.807, 2.05) is 6.92 Å². The summed E-state index contributed by atoms with van der Waals surface area (Å²) < 4.78 is 10.6. The molecular formula is C6H8BrNO2. The second-order valence-corrected chi connectivity index (χ2v) is 2.57. The van der Waals surface area contributed by atoms with E-state index < -0.39 is 0 Å². The van der Waals surface area contributed by atoms with Gasteiger partial charge in [-0.25, -0.2) is 0 Å². The minimum Gasteiger partial charge on any atom is -0.374 e. The van der Waals surface area contributed by atoms with Crippen molar-refractivity contribution in [3.8, 4) is 0 Å². The second-order valence-electron chi connectivity index (χ2n) is 1.75. The van der Waals surface area contributed by atoms with E-state index in [1.54, 1.807) is 6.07 Å². The van der Waals surface area contributed by atoms with Crippen molar-refractivity contribution in [1.29, 1.82) is 0 Å². The molecular weight excluding hydrogens is 198 g/mol. The van der Waals surface area contributed by atoms with Crippen LogP contribution in [0.1, 0.15) is 12.7 Å². The molecule has 0 fully saturated rings. The molecule has 3 nitrogen and oxygen atoms in total. The number of ether oxygens (including phenoxy) is 1. The van der Waals surface area contributed by atoms with Crippen molar-refractivity contribution < 1.29 is 9.26 Å². The molecule has 0 atom stereocenters. The minimum atomic E-state index is 0.495. The molecule has 0 radical (unpaired) electrons. The average molecular weight is 206 g/mol. The third-order valence-electron chi connectivity index (χ3n) is 0.979.